The lowest BCUT2D eigenvalue weighted by Gasteiger charge is -2.39. The normalized spacial score (nSPS) is 25.0. The van der Waals surface area contributed by atoms with E-state index in [-0.39, 0.29) is 23.9 Å². The number of ether oxygens (including phenoxy) is 1. The van der Waals surface area contributed by atoms with E-state index in [0.29, 0.717) is 13.2 Å². The maximum atomic E-state index is 13.7. The number of halogens is 1. The molecule has 1 aliphatic rings. The summed E-state index contributed by atoms with van der Waals surface area (Å²) in [4.78, 5) is 9.55. The zero-order valence-electron chi connectivity index (χ0n) is 10.1. The average molecular weight is 240 g/mol. The van der Waals surface area contributed by atoms with Crippen molar-refractivity contribution in [1.82, 2.24) is 9.97 Å². The summed E-state index contributed by atoms with van der Waals surface area (Å²) in [6.45, 7) is 5.20. The molecule has 0 aliphatic carbocycles. The first kappa shape index (κ1) is 12.0. The van der Waals surface area contributed by atoms with E-state index in [2.05, 4.69) is 9.97 Å². The summed E-state index contributed by atoms with van der Waals surface area (Å²) in [6.07, 6.45) is 2.05. The van der Waals surface area contributed by atoms with E-state index in [9.17, 15) is 4.39 Å². The molecule has 2 atom stereocenters. The summed E-state index contributed by atoms with van der Waals surface area (Å²) >= 11 is 0. The summed E-state index contributed by atoms with van der Waals surface area (Å²) in [5.74, 6) is -0.0679. The molecule has 2 rings (SSSR count). The fourth-order valence-electron chi connectivity index (χ4n) is 2.01. The largest absolute Gasteiger partial charge is 0.375 e. The van der Waals surface area contributed by atoms with Gasteiger partial charge in [-0.25, -0.2) is 9.37 Å². The second-order valence-corrected chi connectivity index (χ2v) is 4.26. The van der Waals surface area contributed by atoms with Gasteiger partial charge in [-0.1, -0.05) is 6.92 Å². The zero-order valence-corrected chi connectivity index (χ0v) is 10.1. The third kappa shape index (κ3) is 2.46. The molecule has 0 spiro atoms. The van der Waals surface area contributed by atoms with Crippen LogP contribution in [0.1, 0.15) is 20.3 Å². The maximum absolute atomic E-state index is 13.7. The van der Waals surface area contributed by atoms with Crippen LogP contribution in [-0.4, -0.2) is 35.3 Å². The number of aromatic nitrogens is 2. The average Bonchev–Trinajstić information content (AvgIpc) is 2.32. The highest BCUT2D eigenvalue weighted by Gasteiger charge is 2.28. The predicted octanol–water partition coefficient (Wildman–Crippen LogP) is 1.20. The molecule has 0 saturated carbocycles. The highest BCUT2D eigenvalue weighted by atomic mass is 19.1. The van der Waals surface area contributed by atoms with Crippen LogP contribution < -0.4 is 10.6 Å². The van der Waals surface area contributed by atoms with Crippen molar-refractivity contribution < 1.29 is 9.13 Å². The van der Waals surface area contributed by atoms with E-state index in [1.807, 2.05) is 18.7 Å². The van der Waals surface area contributed by atoms with Gasteiger partial charge in [0.25, 0.3) is 0 Å². The number of hydrogen-bond donors (Lipinski definition) is 1. The van der Waals surface area contributed by atoms with Crippen LogP contribution in [0.5, 0.6) is 0 Å². The Bertz CT molecular complexity index is 401. The SMILES string of the molecule is CCC1COC(C)CN1c1nc(N)ncc1F. The van der Waals surface area contributed by atoms with E-state index >= 15 is 0 Å². The van der Waals surface area contributed by atoms with Crippen LogP contribution in [0.4, 0.5) is 16.2 Å². The van der Waals surface area contributed by atoms with Crippen LogP contribution in [0.3, 0.4) is 0 Å². The van der Waals surface area contributed by atoms with Crippen molar-refractivity contribution in [1.29, 1.82) is 0 Å². The fraction of sp³-hybridized carbons (Fsp3) is 0.636. The molecule has 0 aromatic carbocycles. The minimum Gasteiger partial charge on any atom is -0.375 e. The molecule has 1 saturated heterocycles. The van der Waals surface area contributed by atoms with Gasteiger partial charge in [0.2, 0.25) is 5.95 Å². The van der Waals surface area contributed by atoms with Gasteiger partial charge in [0.05, 0.1) is 24.9 Å². The van der Waals surface area contributed by atoms with Gasteiger partial charge in [-0.15, -0.1) is 0 Å². The van der Waals surface area contributed by atoms with Gasteiger partial charge in [0.1, 0.15) is 0 Å². The van der Waals surface area contributed by atoms with Gasteiger partial charge >= 0.3 is 0 Å². The second kappa shape index (κ2) is 4.83. The van der Waals surface area contributed by atoms with Gasteiger partial charge in [-0.05, 0) is 13.3 Å². The van der Waals surface area contributed by atoms with Gasteiger partial charge in [0.15, 0.2) is 11.6 Å². The van der Waals surface area contributed by atoms with Gasteiger partial charge < -0.3 is 15.4 Å². The molecule has 0 amide bonds. The van der Waals surface area contributed by atoms with Crippen LogP contribution in [0.25, 0.3) is 0 Å². The lowest BCUT2D eigenvalue weighted by atomic mass is 10.1. The van der Waals surface area contributed by atoms with E-state index in [1.165, 1.54) is 0 Å². The number of hydrogen-bond acceptors (Lipinski definition) is 5. The highest BCUT2D eigenvalue weighted by Crippen LogP contribution is 2.24. The molecule has 2 unspecified atom stereocenters. The molecule has 6 heteroatoms. The van der Waals surface area contributed by atoms with Gasteiger partial charge in [-0.2, -0.15) is 4.98 Å². The molecule has 94 valence electrons. The molecule has 1 aromatic rings. The number of anilines is 2. The zero-order chi connectivity index (χ0) is 12.4. The summed E-state index contributed by atoms with van der Waals surface area (Å²) in [5.41, 5.74) is 5.51. The third-order valence-corrected chi connectivity index (χ3v) is 2.96. The Morgan fingerprint density at radius 1 is 1.65 bits per heavy atom. The number of nitrogens with zero attached hydrogens (tertiary/aromatic N) is 3. The van der Waals surface area contributed by atoms with Crippen molar-refractivity contribution in [2.75, 3.05) is 23.8 Å². The Morgan fingerprint density at radius 3 is 3.12 bits per heavy atom. The molecule has 1 fully saturated rings. The summed E-state index contributed by atoms with van der Waals surface area (Å²) in [7, 11) is 0. The van der Waals surface area contributed by atoms with Crippen LogP contribution in [0.15, 0.2) is 6.20 Å². The Labute approximate surface area is 99.8 Å². The third-order valence-electron chi connectivity index (χ3n) is 2.96. The standard InChI is InChI=1S/C11H17FN4O/c1-3-8-6-17-7(2)5-16(8)10-9(12)4-14-11(13)15-10/h4,7-8H,3,5-6H2,1-2H3,(H2,13,14,15). The molecule has 1 aliphatic heterocycles. The van der Waals surface area contributed by atoms with Crippen molar-refractivity contribution >= 4 is 11.8 Å². The van der Waals surface area contributed by atoms with Gasteiger partial charge in [-0.3, -0.25) is 0 Å². The lowest BCUT2D eigenvalue weighted by molar-refractivity contribution is 0.0293. The quantitative estimate of drug-likeness (QED) is 0.841. The Hall–Kier alpha value is -1.43. The Kier molecular flexibility index (Phi) is 3.42. The van der Waals surface area contributed by atoms with E-state index in [4.69, 9.17) is 10.5 Å². The second-order valence-electron chi connectivity index (χ2n) is 4.26. The number of morpholine rings is 1. The Morgan fingerprint density at radius 2 is 2.41 bits per heavy atom. The molecule has 2 N–H and O–H groups in total. The van der Waals surface area contributed by atoms with Crippen molar-refractivity contribution in [3.8, 4) is 0 Å². The van der Waals surface area contributed by atoms with E-state index in [0.717, 1.165) is 12.6 Å². The van der Waals surface area contributed by atoms with Gasteiger partial charge in [0, 0.05) is 6.54 Å². The molecule has 1 aromatic heterocycles. The van der Waals surface area contributed by atoms with Crippen LogP contribution in [-0.2, 0) is 4.74 Å². The monoisotopic (exact) mass is 240 g/mol. The minimum atomic E-state index is -0.438. The van der Waals surface area contributed by atoms with E-state index in [1.54, 1.807) is 0 Å². The molecule has 0 bridgehead atoms. The summed E-state index contributed by atoms with van der Waals surface area (Å²) < 4.78 is 19.3. The number of nitrogen functional groups attached to an aromatic ring is 1. The molecule has 17 heavy (non-hydrogen) atoms. The summed E-state index contributed by atoms with van der Waals surface area (Å²) in [5, 5.41) is 0. The smallest absolute Gasteiger partial charge is 0.222 e. The topological polar surface area (TPSA) is 64.3 Å². The number of nitrogens with two attached hydrogens (primary N) is 1. The van der Waals surface area contributed by atoms with Crippen molar-refractivity contribution in [2.45, 2.75) is 32.4 Å². The molecule has 5 nitrogen and oxygen atoms in total. The maximum Gasteiger partial charge on any atom is 0.222 e. The molecule has 2 heterocycles. The highest BCUT2D eigenvalue weighted by molar-refractivity contribution is 5.44. The first-order valence-corrected chi connectivity index (χ1v) is 5.78. The lowest BCUT2D eigenvalue weighted by Crippen LogP contribution is -2.49. The fourth-order valence-corrected chi connectivity index (χ4v) is 2.01. The first-order valence-electron chi connectivity index (χ1n) is 5.78. The van der Waals surface area contributed by atoms with Crippen LogP contribution in [0, 0.1) is 5.82 Å². The van der Waals surface area contributed by atoms with Crippen LogP contribution in [0.2, 0.25) is 0 Å². The molecular formula is C11H17FN4O. The van der Waals surface area contributed by atoms with Crippen molar-refractivity contribution in [2.24, 2.45) is 0 Å². The minimum absolute atomic E-state index is 0.0633. The van der Waals surface area contributed by atoms with Crippen molar-refractivity contribution in [3.05, 3.63) is 12.0 Å². The first-order chi connectivity index (χ1) is 8.11. The van der Waals surface area contributed by atoms with Crippen molar-refractivity contribution in [3.63, 3.8) is 0 Å². The number of rotatable bonds is 2. The molecular weight excluding hydrogens is 223 g/mol. The predicted molar refractivity (Wildman–Crippen MR) is 63.2 cm³/mol. The Balaban J connectivity index is 2.31. The van der Waals surface area contributed by atoms with E-state index < -0.39 is 5.82 Å². The van der Waals surface area contributed by atoms with Crippen LogP contribution >= 0.6 is 0 Å². The summed E-state index contributed by atoms with van der Waals surface area (Å²) in [6, 6.07) is 0.134. The molecule has 0 radical (unpaired) electrons.